The molecule has 0 radical (unpaired) electrons. The van der Waals surface area contributed by atoms with Crippen LogP contribution in [-0.2, 0) is 16.2 Å². The summed E-state index contributed by atoms with van der Waals surface area (Å²) in [6, 6.07) is 2.15. The summed E-state index contributed by atoms with van der Waals surface area (Å²) in [6.45, 7) is 23.5. The van der Waals surface area contributed by atoms with Gasteiger partial charge < -0.3 is 0 Å². The quantitative estimate of drug-likeness (QED) is 0.559. The van der Waals surface area contributed by atoms with E-state index in [4.69, 9.17) is 21.6 Å². The van der Waals surface area contributed by atoms with Gasteiger partial charge in [-0.25, -0.2) is 9.97 Å². The fourth-order valence-corrected chi connectivity index (χ4v) is 3.61. The van der Waals surface area contributed by atoms with Crippen molar-refractivity contribution >= 4 is 28.6 Å². The Morgan fingerprint density at radius 1 is 0.880 bits per heavy atom. The zero-order valence-electron chi connectivity index (χ0n) is 17.1. The first-order valence-electron chi connectivity index (χ1n) is 8.86. The van der Waals surface area contributed by atoms with Gasteiger partial charge in [-0.05, 0) is 22.6 Å². The highest BCUT2D eigenvalue weighted by Gasteiger charge is 2.29. The van der Waals surface area contributed by atoms with Crippen molar-refractivity contribution in [2.45, 2.75) is 78.6 Å². The van der Waals surface area contributed by atoms with E-state index in [9.17, 15) is 0 Å². The first-order chi connectivity index (χ1) is 11.2. The van der Waals surface area contributed by atoms with Crippen molar-refractivity contribution in [2.24, 2.45) is 0 Å². The summed E-state index contributed by atoms with van der Waals surface area (Å²) in [5, 5.41) is 1.74. The molecular weight excluding hydrogens is 328 g/mol. The molecule has 2 aromatic rings. The Hall–Kier alpha value is -1.41. The van der Waals surface area contributed by atoms with E-state index in [2.05, 4.69) is 75.0 Å². The average molecular weight is 359 g/mol. The maximum atomic E-state index is 6.92. The lowest BCUT2D eigenvalue weighted by molar-refractivity contribution is 0.520. The molecule has 0 aliphatic rings. The Morgan fingerprint density at radius 2 is 1.44 bits per heavy atom. The van der Waals surface area contributed by atoms with Crippen LogP contribution in [-0.4, -0.2) is 9.97 Å². The lowest BCUT2D eigenvalue weighted by Crippen LogP contribution is -2.23. The van der Waals surface area contributed by atoms with Gasteiger partial charge in [0.15, 0.2) is 0 Å². The third kappa shape index (κ3) is 3.74. The molecule has 0 N–H and O–H groups in total. The molecule has 1 aromatic carbocycles. The topological polar surface area (TPSA) is 25.8 Å². The van der Waals surface area contributed by atoms with Gasteiger partial charge >= 0.3 is 0 Å². The smallest absolute Gasteiger partial charge is 0.134 e. The van der Waals surface area contributed by atoms with E-state index >= 15 is 0 Å². The molecule has 0 aliphatic heterocycles. The Morgan fingerprint density at radius 3 is 1.84 bits per heavy atom. The predicted octanol–water partition coefficient (Wildman–Crippen LogP) is 6.82. The minimum Gasteiger partial charge on any atom is -0.236 e. The molecule has 0 unspecified atom stereocenters. The fraction of sp³-hybridized carbons (Fsp3) is 0.545. The lowest BCUT2D eigenvalue weighted by atomic mass is 9.81. The molecule has 3 heteroatoms. The van der Waals surface area contributed by atoms with Crippen molar-refractivity contribution in [3.05, 3.63) is 40.3 Å². The summed E-state index contributed by atoms with van der Waals surface area (Å²) < 4.78 is 0. The van der Waals surface area contributed by atoms with Crippen molar-refractivity contribution in [3.8, 4) is 0 Å². The van der Waals surface area contributed by atoms with Crippen molar-refractivity contribution in [1.82, 2.24) is 9.97 Å². The zero-order valence-corrected chi connectivity index (χ0v) is 17.9. The number of hydrogen-bond acceptors (Lipinski definition) is 2. The summed E-state index contributed by atoms with van der Waals surface area (Å²) in [7, 11) is 0. The standard InChI is InChI=1S/C22H31ClN2/c1-11-13-12-14-17(16(23)15(13)20(2,3)4)24-19(22(8,9)10)25-18(14)21(5,6)7/h11-12H,1H2,2-10H3. The van der Waals surface area contributed by atoms with E-state index in [1.54, 1.807) is 0 Å². The highest BCUT2D eigenvalue weighted by Crippen LogP contribution is 2.41. The Kier molecular flexibility index (Phi) is 4.85. The average Bonchev–Trinajstić information content (AvgIpc) is 2.42. The van der Waals surface area contributed by atoms with Gasteiger partial charge in [0.05, 0.1) is 16.2 Å². The Bertz CT molecular complexity index is 828. The monoisotopic (exact) mass is 358 g/mol. The maximum Gasteiger partial charge on any atom is 0.134 e. The Balaban J connectivity index is 3.08. The van der Waals surface area contributed by atoms with Gasteiger partial charge in [-0.15, -0.1) is 0 Å². The van der Waals surface area contributed by atoms with E-state index in [1.807, 2.05) is 6.08 Å². The van der Waals surface area contributed by atoms with Crippen molar-refractivity contribution < 1.29 is 0 Å². The molecule has 2 rings (SSSR count). The van der Waals surface area contributed by atoms with Crippen LogP contribution in [0.2, 0.25) is 5.02 Å². The first kappa shape index (κ1) is 19.9. The molecule has 0 saturated carbocycles. The van der Waals surface area contributed by atoms with Gasteiger partial charge in [0, 0.05) is 16.2 Å². The minimum atomic E-state index is -0.142. The van der Waals surface area contributed by atoms with Crippen LogP contribution in [0.15, 0.2) is 12.6 Å². The molecule has 1 aromatic heterocycles. The number of nitrogens with zero attached hydrogens (tertiary/aromatic N) is 2. The van der Waals surface area contributed by atoms with E-state index in [0.717, 1.165) is 38.6 Å². The van der Waals surface area contributed by atoms with Crippen molar-refractivity contribution in [3.63, 3.8) is 0 Å². The molecule has 0 aliphatic carbocycles. The number of aromatic nitrogens is 2. The molecule has 0 atom stereocenters. The summed E-state index contributed by atoms with van der Waals surface area (Å²) in [4.78, 5) is 9.84. The summed E-state index contributed by atoms with van der Waals surface area (Å²) >= 11 is 6.92. The van der Waals surface area contributed by atoms with Gasteiger partial charge in [-0.2, -0.15) is 0 Å². The van der Waals surface area contributed by atoms with Crippen LogP contribution in [0.3, 0.4) is 0 Å². The number of fused-ring (bicyclic) bond motifs is 1. The second-order valence-electron chi connectivity index (χ2n) is 9.90. The molecule has 0 saturated heterocycles. The van der Waals surface area contributed by atoms with Gasteiger partial charge in [-0.1, -0.05) is 86.6 Å². The van der Waals surface area contributed by atoms with Gasteiger partial charge in [-0.3, -0.25) is 0 Å². The molecule has 0 bridgehead atoms. The largest absolute Gasteiger partial charge is 0.236 e. The van der Waals surface area contributed by atoms with Gasteiger partial charge in [0.1, 0.15) is 5.82 Å². The third-order valence-corrected chi connectivity index (χ3v) is 4.68. The second-order valence-corrected chi connectivity index (χ2v) is 10.3. The van der Waals surface area contributed by atoms with Crippen LogP contribution < -0.4 is 0 Å². The lowest BCUT2D eigenvalue weighted by Gasteiger charge is -2.28. The van der Waals surface area contributed by atoms with Gasteiger partial charge in [0.2, 0.25) is 0 Å². The second kappa shape index (κ2) is 6.09. The van der Waals surface area contributed by atoms with E-state index in [1.165, 1.54) is 0 Å². The number of hydrogen-bond donors (Lipinski definition) is 0. The van der Waals surface area contributed by atoms with Crippen LogP contribution in [0.1, 0.15) is 85.0 Å². The number of rotatable bonds is 1. The fourth-order valence-electron chi connectivity index (χ4n) is 3.08. The molecule has 1 heterocycles. The van der Waals surface area contributed by atoms with Crippen molar-refractivity contribution in [1.29, 1.82) is 0 Å². The van der Waals surface area contributed by atoms with Crippen LogP contribution in [0.5, 0.6) is 0 Å². The number of benzene rings is 1. The Labute approximate surface area is 157 Å². The normalized spacial score (nSPS) is 13.4. The summed E-state index contributed by atoms with van der Waals surface area (Å²) in [5.41, 5.74) is 3.69. The van der Waals surface area contributed by atoms with Crippen LogP contribution >= 0.6 is 11.6 Å². The van der Waals surface area contributed by atoms with Gasteiger partial charge in [0.25, 0.3) is 0 Å². The van der Waals surface area contributed by atoms with Crippen LogP contribution in [0, 0.1) is 0 Å². The molecule has 0 amide bonds. The highest BCUT2D eigenvalue weighted by atomic mass is 35.5. The molecule has 0 spiro atoms. The van der Waals surface area contributed by atoms with E-state index < -0.39 is 0 Å². The first-order valence-corrected chi connectivity index (χ1v) is 9.24. The van der Waals surface area contributed by atoms with Crippen molar-refractivity contribution in [2.75, 3.05) is 0 Å². The molecule has 25 heavy (non-hydrogen) atoms. The highest BCUT2D eigenvalue weighted by molar-refractivity contribution is 6.36. The summed E-state index contributed by atoms with van der Waals surface area (Å²) in [5.74, 6) is 0.832. The third-order valence-electron chi connectivity index (χ3n) is 4.31. The summed E-state index contributed by atoms with van der Waals surface area (Å²) in [6.07, 6.45) is 1.88. The van der Waals surface area contributed by atoms with Crippen LogP contribution in [0.4, 0.5) is 0 Å². The molecule has 0 fully saturated rings. The van der Waals surface area contributed by atoms with E-state index in [-0.39, 0.29) is 16.2 Å². The zero-order chi connectivity index (χ0) is 19.4. The van der Waals surface area contributed by atoms with Crippen LogP contribution in [0.25, 0.3) is 17.0 Å². The molecular formula is C22H31ClN2. The predicted molar refractivity (Wildman–Crippen MR) is 111 cm³/mol. The molecule has 2 nitrogen and oxygen atoms in total. The minimum absolute atomic E-state index is 0.0937. The maximum absolute atomic E-state index is 6.92. The number of halogens is 1. The van der Waals surface area contributed by atoms with E-state index in [0.29, 0.717) is 0 Å². The SMILES string of the molecule is C=Cc1cc2c(C(C)(C)C)nc(C(C)(C)C)nc2c(Cl)c1C(C)(C)C. The molecule has 136 valence electrons.